The lowest BCUT2D eigenvalue weighted by molar-refractivity contribution is -0.183. The van der Waals surface area contributed by atoms with Gasteiger partial charge in [-0.05, 0) is 34.7 Å². The van der Waals surface area contributed by atoms with Crippen LogP contribution in [0.2, 0.25) is 0 Å². The average Bonchev–Trinajstić information content (AvgIpc) is 3.16. The van der Waals surface area contributed by atoms with Crippen LogP contribution in [0.25, 0.3) is 5.69 Å². The minimum atomic E-state index is -4.41. The Kier molecular flexibility index (Phi) is 7.11. The lowest BCUT2D eigenvalue weighted by Crippen LogP contribution is -2.57. The molecular weight excluding hydrogens is 387 g/mol. The Labute approximate surface area is 159 Å². The maximum atomic E-state index is 13.3. The highest BCUT2D eigenvalue weighted by Crippen LogP contribution is 2.24. The summed E-state index contributed by atoms with van der Waals surface area (Å²) in [5, 5.41) is 16.1. The lowest BCUT2D eigenvalue weighted by atomic mass is 10.1. The fourth-order valence-electron chi connectivity index (χ4n) is 2.78. The van der Waals surface area contributed by atoms with Gasteiger partial charge in [0.15, 0.2) is 0 Å². The first-order valence-electron chi connectivity index (χ1n) is 8.08. The molecule has 0 spiro atoms. The molecule has 1 aromatic carbocycles. The van der Waals surface area contributed by atoms with Gasteiger partial charge in [0.2, 0.25) is 0 Å². The molecule has 1 fully saturated rings. The Morgan fingerprint density at radius 1 is 1.22 bits per heavy atom. The highest BCUT2D eigenvalue weighted by atomic mass is 35.5. The summed E-state index contributed by atoms with van der Waals surface area (Å²) in [6.07, 6.45) is -3.01. The summed E-state index contributed by atoms with van der Waals surface area (Å²) >= 11 is 0. The smallest absolute Gasteiger partial charge is 0.350 e. The molecule has 148 valence electrons. The van der Waals surface area contributed by atoms with E-state index in [2.05, 4.69) is 26.2 Å². The Bertz CT molecular complexity index is 718. The number of nitrogens with zero attached hydrogens (tertiary/aromatic N) is 5. The molecule has 2 heterocycles. The van der Waals surface area contributed by atoms with Gasteiger partial charge in [-0.25, -0.2) is 4.68 Å². The number of alkyl halides is 3. The first-order valence-corrected chi connectivity index (χ1v) is 8.08. The van der Waals surface area contributed by atoms with Crippen molar-refractivity contribution in [1.29, 1.82) is 0 Å². The predicted molar refractivity (Wildman–Crippen MR) is 93.0 cm³/mol. The van der Waals surface area contributed by atoms with Crippen molar-refractivity contribution in [2.75, 3.05) is 32.7 Å². The molecule has 0 bridgehead atoms. The van der Waals surface area contributed by atoms with Gasteiger partial charge in [-0.1, -0.05) is 0 Å². The second-order valence-electron chi connectivity index (χ2n) is 5.85. The first kappa shape index (κ1) is 21.1. The fraction of sp³-hybridized carbons (Fsp3) is 0.467. The molecule has 27 heavy (non-hydrogen) atoms. The number of benzene rings is 1. The minimum absolute atomic E-state index is 0. The van der Waals surface area contributed by atoms with Crippen LogP contribution < -0.4 is 10.6 Å². The summed E-state index contributed by atoms with van der Waals surface area (Å²) in [7, 11) is 0. The van der Waals surface area contributed by atoms with Crippen molar-refractivity contribution in [3.05, 3.63) is 36.2 Å². The van der Waals surface area contributed by atoms with Crippen LogP contribution in [-0.2, 0) is 0 Å². The number of carbonyl (C=O) groups is 1. The second kappa shape index (κ2) is 9.11. The molecule has 3 rings (SSSR count). The number of piperazine rings is 1. The quantitative estimate of drug-likeness (QED) is 0.759. The van der Waals surface area contributed by atoms with Crippen LogP contribution in [-0.4, -0.2) is 76.0 Å². The zero-order chi connectivity index (χ0) is 18.6. The maximum Gasteiger partial charge on any atom is 0.405 e. The van der Waals surface area contributed by atoms with E-state index in [1.54, 1.807) is 12.1 Å². The molecule has 8 nitrogen and oxygen atoms in total. The van der Waals surface area contributed by atoms with E-state index in [-0.39, 0.29) is 18.0 Å². The summed E-state index contributed by atoms with van der Waals surface area (Å²) in [5.74, 6) is -0.558. The maximum absolute atomic E-state index is 13.3. The van der Waals surface area contributed by atoms with Crippen molar-refractivity contribution >= 4 is 18.3 Å². The van der Waals surface area contributed by atoms with Crippen molar-refractivity contribution in [3.8, 4) is 5.69 Å². The summed E-state index contributed by atoms with van der Waals surface area (Å²) in [6.45, 7) is 1.09. The van der Waals surface area contributed by atoms with Crippen LogP contribution in [0, 0.1) is 0 Å². The Morgan fingerprint density at radius 3 is 2.44 bits per heavy atom. The van der Waals surface area contributed by atoms with Crippen LogP contribution in [0.1, 0.15) is 10.4 Å². The zero-order valence-electron chi connectivity index (χ0n) is 14.2. The number of rotatable bonds is 5. The summed E-state index contributed by atoms with van der Waals surface area (Å²) < 4.78 is 41.4. The molecule has 0 saturated carbocycles. The van der Waals surface area contributed by atoms with Crippen molar-refractivity contribution in [2.45, 2.75) is 12.2 Å². The molecule has 0 aliphatic carbocycles. The standard InChI is InChI=1S/C15H18F3N7O.ClH/c16-15(17,18)13(24-7-5-19-6-8-24)9-20-14(26)11-1-3-12(4-2-11)25-10-21-22-23-25;/h1-4,10,13,19H,5-9H2,(H,20,26);1H. The third-order valence-electron chi connectivity index (χ3n) is 4.17. The lowest BCUT2D eigenvalue weighted by Gasteiger charge is -2.35. The van der Waals surface area contributed by atoms with Crippen molar-refractivity contribution in [3.63, 3.8) is 0 Å². The molecule has 12 heteroatoms. The number of amides is 1. The largest absolute Gasteiger partial charge is 0.405 e. The van der Waals surface area contributed by atoms with Gasteiger partial charge >= 0.3 is 6.18 Å². The summed E-state index contributed by atoms with van der Waals surface area (Å²) in [5.41, 5.74) is 0.906. The normalized spacial score (nSPS) is 16.4. The third kappa shape index (κ3) is 5.37. The number of hydrogen-bond donors (Lipinski definition) is 2. The van der Waals surface area contributed by atoms with Gasteiger partial charge in [-0.3, -0.25) is 9.69 Å². The van der Waals surface area contributed by atoms with Gasteiger partial charge < -0.3 is 10.6 Å². The monoisotopic (exact) mass is 405 g/mol. The van der Waals surface area contributed by atoms with E-state index in [4.69, 9.17) is 0 Å². The van der Waals surface area contributed by atoms with Crippen LogP contribution in [0.4, 0.5) is 13.2 Å². The van der Waals surface area contributed by atoms with Crippen molar-refractivity contribution < 1.29 is 18.0 Å². The van der Waals surface area contributed by atoms with Gasteiger partial charge in [0.1, 0.15) is 12.4 Å². The molecule has 1 aliphatic heterocycles. The third-order valence-corrected chi connectivity index (χ3v) is 4.17. The Balaban J connectivity index is 0.00000261. The number of tetrazole rings is 1. The second-order valence-corrected chi connectivity index (χ2v) is 5.85. The van der Waals surface area contributed by atoms with E-state index in [1.165, 1.54) is 28.0 Å². The molecule has 1 amide bonds. The van der Waals surface area contributed by atoms with Gasteiger partial charge in [-0.15, -0.1) is 17.5 Å². The van der Waals surface area contributed by atoms with Gasteiger partial charge in [0.05, 0.1) is 5.69 Å². The van der Waals surface area contributed by atoms with E-state index in [1.807, 2.05) is 0 Å². The molecule has 1 aromatic heterocycles. The van der Waals surface area contributed by atoms with Crippen LogP contribution in [0.3, 0.4) is 0 Å². The van der Waals surface area contributed by atoms with Gasteiger partial charge in [-0.2, -0.15) is 13.2 Å². The molecule has 1 unspecified atom stereocenters. The summed E-state index contributed by atoms with van der Waals surface area (Å²) in [4.78, 5) is 13.5. The number of halogens is 4. The van der Waals surface area contributed by atoms with E-state index in [9.17, 15) is 18.0 Å². The zero-order valence-corrected chi connectivity index (χ0v) is 15.0. The Morgan fingerprint density at radius 2 is 1.89 bits per heavy atom. The molecule has 1 aliphatic rings. The fourth-order valence-corrected chi connectivity index (χ4v) is 2.78. The van der Waals surface area contributed by atoms with Crippen molar-refractivity contribution in [1.82, 2.24) is 35.7 Å². The highest BCUT2D eigenvalue weighted by Gasteiger charge is 2.43. The van der Waals surface area contributed by atoms with Gasteiger partial charge in [0.25, 0.3) is 5.91 Å². The molecule has 0 radical (unpaired) electrons. The topological polar surface area (TPSA) is 88.0 Å². The van der Waals surface area contributed by atoms with Gasteiger partial charge in [0, 0.05) is 38.3 Å². The van der Waals surface area contributed by atoms with Crippen molar-refractivity contribution in [2.24, 2.45) is 0 Å². The predicted octanol–water partition coefficient (Wildman–Crippen LogP) is 0.650. The number of nitrogens with one attached hydrogen (secondary N) is 2. The van der Waals surface area contributed by atoms with E-state index in [0.29, 0.717) is 31.9 Å². The Hall–Kier alpha value is -2.24. The highest BCUT2D eigenvalue weighted by molar-refractivity contribution is 5.94. The minimum Gasteiger partial charge on any atom is -0.350 e. The van der Waals surface area contributed by atoms with E-state index < -0.39 is 24.7 Å². The SMILES string of the molecule is Cl.O=C(NCC(N1CCNCC1)C(F)(F)F)c1ccc(-n2cnnn2)cc1. The summed E-state index contributed by atoms with van der Waals surface area (Å²) in [6, 6.07) is 4.56. The molecular formula is C15H19ClF3N7O. The van der Waals surface area contributed by atoms with E-state index >= 15 is 0 Å². The first-order chi connectivity index (χ1) is 12.4. The van der Waals surface area contributed by atoms with E-state index in [0.717, 1.165) is 0 Å². The van der Waals surface area contributed by atoms with Crippen LogP contribution in [0.15, 0.2) is 30.6 Å². The number of hydrogen-bond acceptors (Lipinski definition) is 6. The van der Waals surface area contributed by atoms with Crippen LogP contribution >= 0.6 is 12.4 Å². The van der Waals surface area contributed by atoms with Crippen LogP contribution in [0.5, 0.6) is 0 Å². The average molecular weight is 406 g/mol. The number of carbonyl (C=O) groups excluding carboxylic acids is 1. The molecule has 2 N–H and O–H groups in total. The molecule has 2 aromatic rings. The molecule has 1 atom stereocenters. The molecule has 1 saturated heterocycles. The number of aromatic nitrogens is 4.